The molecule has 0 radical (unpaired) electrons. The minimum absolute atomic E-state index is 0.508. The largest absolute Gasteiger partial charge is 0.501 e. The van der Waals surface area contributed by atoms with Crippen LogP contribution in [0.25, 0.3) is 17.3 Å². The Kier molecular flexibility index (Phi) is 6.47. The van der Waals surface area contributed by atoms with E-state index in [4.69, 9.17) is 19.6 Å². The first-order chi connectivity index (χ1) is 18.1. The van der Waals surface area contributed by atoms with Gasteiger partial charge in [-0.15, -0.1) is 0 Å². The average Bonchev–Trinajstić information content (AvgIpc) is 3.77. The van der Waals surface area contributed by atoms with Crippen LogP contribution in [0, 0.1) is 17.8 Å². The predicted molar refractivity (Wildman–Crippen MR) is 143 cm³/mol. The molecule has 3 aliphatic carbocycles. The van der Waals surface area contributed by atoms with E-state index in [1.54, 1.807) is 25.9 Å². The summed E-state index contributed by atoms with van der Waals surface area (Å²) in [7, 11) is 3.49. The van der Waals surface area contributed by atoms with E-state index in [0.29, 0.717) is 25.0 Å². The van der Waals surface area contributed by atoms with E-state index in [0.717, 1.165) is 54.0 Å². The van der Waals surface area contributed by atoms with Gasteiger partial charge >= 0.3 is 0 Å². The summed E-state index contributed by atoms with van der Waals surface area (Å²) in [6, 6.07) is 6.46. The van der Waals surface area contributed by atoms with E-state index in [1.165, 1.54) is 35.9 Å². The van der Waals surface area contributed by atoms with E-state index >= 15 is 0 Å². The maximum absolute atomic E-state index is 6.05. The van der Waals surface area contributed by atoms with Crippen molar-refractivity contribution in [2.24, 2.45) is 17.8 Å². The topological polar surface area (TPSA) is 85.2 Å². The quantitative estimate of drug-likeness (QED) is 0.345. The van der Waals surface area contributed by atoms with Gasteiger partial charge in [0.25, 0.3) is 0 Å². The molecule has 2 heterocycles. The summed E-state index contributed by atoms with van der Waals surface area (Å²) in [6.45, 7) is 3.01. The number of allylic oxidation sites excluding steroid dienone is 5. The summed E-state index contributed by atoms with van der Waals surface area (Å²) in [5.41, 5.74) is 7.76. The number of benzene rings is 1. The molecular weight excluding hydrogens is 464 g/mol. The molecule has 7 heteroatoms. The normalized spacial score (nSPS) is 23.5. The molecular formula is C30H35N4O3+. The lowest BCUT2D eigenvalue weighted by atomic mass is 10.0. The summed E-state index contributed by atoms with van der Waals surface area (Å²) in [4.78, 5) is 10.4. The number of nitrogens with one attached hydrogen (secondary N) is 1. The van der Waals surface area contributed by atoms with Gasteiger partial charge in [0.1, 0.15) is 18.2 Å². The maximum atomic E-state index is 6.05. The van der Waals surface area contributed by atoms with Crippen molar-refractivity contribution in [3.63, 3.8) is 0 Å². The molecule has 2 aromatic rings. The second-order valence-electron chi connectivity index (χ2n) is 10.4. The van der Waals surface area contributed by atoms with E-state index in [9.17, 15) is 0 Å². The van der Waals surface area contributed by atoms with Gasteiger partial charge in [-0.1, -0.05) is 6.08 Å². The van der Waals surface area contributed by atoms with Crippen LogP contribution >= 0.6 is 0 Å². The Morgan fingerprint density at radius 3 is 2.97 bits per heavy atom. The first-order valence-corrected chi connectivity index (χ1v) is 13.1. The zero-order chi connectivity index (χ0) is 25.4. The number of nitrogens with two attached hydrogens (primary N) is 1. The van der Waals surface area contributed by atoms with Crippen molar-refractivity contribution in [3.8, 4) is 17.0 Å². The zero-order valence-electron chi connectivity index (χ0n) is 21.6. The molecule has 3 unspecified atom stereocenters. The molecule has 2 fully saturated rings. The average molecular weight is 500 g/mol. The Bertz CT molecular complexity index is 1320. The molecule has 1 aliphatic heterocycles. The highest BCUT2D eigenvalue weighted by atomic mass is 16.5. The summed E-state index contributed by atoms with van der Waals surface area (Å²) in [5.74, 6) is 4.77. The van der Waals surface area contributed by atoms with Crippen LogP contribution in [-0.4, -0.2) is 55.1 Å². The number of aromatic amines is 1. The summed E-state index contributed by atoms with van der Waals surface area (Å²) < 4.78 is 16.9. The number of hydrogen-bond acceptors (Lipinski definition) is 5. The first-order valence-electron chi connectivity index (χ1n) is 13.1. The maximum Gasteiger partial charge on any atom is 0.160 e. The third-order valence-corrected chi connectivity index (χ3v) is 7.73. The molecule has 0 amide bonds. The van der Waals surface area contributed by atoms with Crippen LogP contribution in [0.2, 0.25) is 0 Å². The van der Waals surface area contributed by atoms with Gasteiger partial charge in [-0.3, -0.25) is 5.41 Å². The SMILES string of the molecule is COCCOc1cc(CN2CC3CC3=C2CC2=CC3CC3C(OC)=C2)cc(-c2cnc(/C=C\C=[NH2+])[nH]2)c1. The smallest absolute Gasteiger partial charge is 0.160 e. The van der Waals surface area contributed by atoms with Crippen molar-refractivity contribution in [2.75, 3.05) is 34.0 Å². The Labute approximate surface area is 218 Å². The molecule has 4 aliphatic rings. The lowest BCUT2D eigenvalue weighted by Gasteiger charge is -2.26. The van der Waals surface area contributed by atoms with Crippen molar-refractivity contribution < 1.29 is 19.6 Å². The molecule has 0 saturated heterocycles. The molecule has 0 bridgehead atoms. The minimum Gasteiger partial charge on any atom is -0.501 e. The molecule has 1 aromatic heterocycles. The van der Waals surface area contributed by atoms with Crippen LogP contribution in [0.5, 0.6) is 5.75 Å². The fourth-order valence-corrected chi connectivity index (χ4v) is 5.72. The molecule has 1 aromatic carbocycles. The summed E-state index contributed by atoms with van der Waals surface area (Å²) in [5, 5.41) is 5.47. The monoisotopic (exact) mass is 499 g/mol. The number of nitrogens with zero attached hydrogens (tertiary/aromatic N) is 2. The number of hydrogen-bond donors (Lipinski definition) is 2. The number of imidazole rings is 1. The van der Waals surface area contributed by atoms with Gasteiger partial charge in [0.15, 0.2) is 6.21 Å². The van der Waals surface area contributed by atoms with Gasteiger partial charge in [0.2, 0.25) is 0 Å². The van der Waals surface area contributed by atoms with Crippen molar-refractivity contribution in [3.05, 3.63) is 76.6 Å². The number of fused-ring (bicyclic) bond motifs is 2. The number of methoxy groups -OCH3 is 2. The van der Waals surface area contributed by atoms with E-state index in [-0.39, 0.29) is 0 Å². The third kappa shape index (κ3) is 5.14. The van der Waals surface area contributed by atoms with Gasteiger partial charge < -0.3 is 24.1 Å². The highest BCUT2D eigenvalue weighted by molar-refractivity contribution is 5.73. The minimum atomic E-state index is 0.508. The molecule has 6 rings (SSSR count). The van der Waals surface area contributed by atoms with Crippen LogP contribution in [-0.2, 0) is 16.0 Å². The van der Waals surface area contributed by atoms with Crippen molar-refractivity contribution in [1.82, 2.24) is 14.9 Å². The Morgan fingerprint density at radius 1 is 1.22 bits per heavy atom. The Balaban J connectivity index is 1.23. The Hall–Kier alpha value is -3.58. The predicted octanol–water partition coefficient (Wildman–Crippen LogP) is 3.53. The van der Waals surface area contributed by atoms with Crippen LogP contribution < -0.4 is 10.1 Å². The lowest BCUT2D eigenvalue weighted by molar-refractivity contribution is -0.104. The van der Waals surface area contributed by atoms with E-state index in [1.807, 2.05) is 12.3 Å². The summed E-state index contributed by atoms with van der Waals surface area (Å²) >= 11 is 0. The number of aromatic nitrogens is 2. The fraction of sp³-hybridized carbons (Fsp3) is 0.400. The van der Waals surface area contributed by atoms with Crippen molar-refractivity contribution >= 4 is 12.3 Å². The van der Waals surface area contributed by atoms with E-state index < -0.39 is 0 Å². The molecule has 192 valence electrons. The standard InChI is InChI=1S/C30H34N4O3/c1-35-6-7-37-24-10-20(9-22(13-24)27-16-32-30(33-27)4-3-5-31)17-34-18-23-15-25(23)28(34)11-19-8-21-14-26(21)29(12-19)36-2/h3-5,8-10,12-13,16,21,23,26,31H,6-7,11,14-15,17-18H2,1-2H3,(H,32,33)/p+1/b4-3-,31-5?. The molecule has 7 nitrogen and oxygen atoms in total. The zero-order valence-corrected chi connectivity index (χ0v) is 21.6. The fourth-order valence-electron chi connectivity index (χ4n) is 5.72. The second-order valence-corrected chi connectivity index (χ2v) is 10.4. The number of ether oxygens (including phenoxy) is 3. The van der Waals surface area contributed by atoms with Crippen LogP contribution in [0.4, 0.5) is 0 Å². The molecule has 0 spiro atoms. The highest BCUT2D eigenvalue weighted by Gasteiger charge is 2.44. The Morgan fingerprint density at radius 2 is 2.14 bits per heavy atom. The number of rotatable bonds is 12. The van der Waals surface area contributed by atoms with Crippen molar-refractivity contribution in [2.45, 2.75) is 25.8 Å². The highest BCUT2D eigenvalue weighted by Crippen LogP contribution is 2.53. The summed E-state index contributed by atoms with van der Waals surface area (Å²) in [6.07, 6.45) is 15.2. The van der Waals surface area contributed by atoms with Crippen molar-refractivity contribution in [1.29, 1.82) is 0 Å². The van der Waals surface area contributed by atoms with Crippen LogP contribution in [0.15, 0.2) is 65.2 Å². The molecule has 2 saturated carbocycles. The lowest BCUT2D eigenvalue weighted by Crippen LogP contribution is -2.28. The van der Waals surface area contributed by atoms with Crippen LogP contribution in [0.1, 0.15) is 30.7 Å². The van der Waals surface area contributed by atoms with Gasteiger partial charge in [-0.25, -0.2) is 4.98 Å². The molecule has 37 heavy (non-hydrogen) atoms. The molecule has 3 atom stereocenters. The van der Waals surface area contributed by atoms with E-state index in [2.05, 4.69) is 45.2 Å². The van der Waals surface area contributed by atoms with Gasteiger partial charge in [-0.2, -0.15) is 0 Å². The van der Waals surface area contributed by atoms with Crippen LogP contribution in [0.3, 0.4) is 0 Å². The second kappa shape index (κ2) is 10.1. The third-order valence-electron chi connectivity index (χ3n) is 7.73. The van der Waals surface area contributed by atoms with Gasteiger partial charge in [0.05, 0.1) is 31.4 Å². The van der Waals surface area contributed by atoms with Gasteiger partial charge in [0, 0.05) is 55.8 Å². The number of H-pyrrole nitrogens is 1. The molecule has 3 N–H and O–H groups in total. The first kappa shape index (κ1) is 23.8. The van der Waals surface area contributed by atoms with Gasteiger partial charge in [-0.05, 0) is 65.8 Å².